The summed E-state index contributed by atoms with van der Waals surface area (Å²) >= 11 is 3.37. The van der Waals surface area contributed by atoms with Gasteiger partial charge in [-0.2, -0.15) is 0 Å². The number of benzene rings is 1. The number of rotatable bonds is 3. The standard InChI is InChI=1S/C13H10BrFN2O2/c1-7-4-9(2-3-11(7)14)17-12-10(13(18)19)5-8(15)6-16-12/h2-6H,1H3,(H,16,17)(H,18,19). The fourth-order valence-corrected chi connectivity index (χ4v) is 1.81. The largest absolute Gasteiger partial charge is 0.478 e. The van der Waals surface area contributed by atoms with E-state index >= 15 is 0 Å². The van der Waals surface area contributed by atoms with Gasteiger partial charge >= 0.3 is 5.97 Å². The van der Waals surface area contributed by atoms with Gasteiger partial charge in [0.25, 0.3) is 0 Å². The summed E-state index contributed by atoms with van der Waals surface area (Å²) in [4.78, 5) is 14.8. The number of pyridine rings is 1. The summed E-state index contributed by atoms with van der Waals surface area (Å²) < 4.78 is 14.0. The molecule has 98 valence electrons. The summed E-state index contributed by atoms with van der Waals surface area (Å²) in [6, 6.07) is 6.37. The molecule has 0 aliphatic heterocycles. The molecule has 4 nitrogen and oxygen atoms in total. The molecule has 0 saturated carbocycles. The van der Waals surface area contributed by atoms with Gasteiger partial charge in [-0.25, -0.2) is 14.2 Å². The van der Waals surface area contributed by atoms with E-state index in [1.165, 1.54) is 0 Å². The van der Waals surface area contributed by atoms with Crippen LogP contribution in [0.4, 0.5) is 15.9 Å². The third-order valence-electron chi connectivity index (χ3n) is 2.51. The maximum Gasteiger partial charge on any atom is 0.339 e. The van der Waals surface area contributed by atoms with Gasteiger partial charge in [0.05, 0.1) is 6.20 Å². The lowest BCUT2D eigenvalue weighted by Crippen LogP contribution is -2.05. The van der Waals surface area contributed by atoms with Gasteiger partial charge in [0.1, 0.15) is 17.2 Å². The molecule has 2 N–H and O–H groups in total. The summed E-state index contributed by atoms with van der Waals surface area (Å²) in [5.74, 6) is -1.81. The van der Waals surface area contributed by atoms with Crippen molar-refractivity contribution < 1.29 is 14.3 Å². The van der Waals surface area contributed by atoms with Crippen LogP contribution >= 0.6 is 15.9 Å². The Morgan fingerprint density at radius 3 is 2.79 bits per heavy atom. The monoisotopic (exact) mass is 324 g/mol. The Labute approximate surface area is 117 Å². The molecule has 0 fully saturated rings. The number of hydrogen-bond donors (Lipinski definition) is 2. The van der Waals surface area contributed by atoms with Crippen molar-refractivity contribution in [1.29, 1.82) is 0 Å². The first-order valence-electron chi connectivity index (χ1n) is 5.39. The summed E-state index contributed by atoms with van der Waals surface area (Å²) in [6.45, 7) is 1.91. The van der Waals surface area contributed by atoms with Gasteiger partial charge in [-0.3, -0.25) is 0 Å². The summed E-state index contributed by atoms with van der Waals surface area (Å²) in [5, 5.41) is 11.9. The molecule has 0 unspecified atom stereocenters. The van der Waals surface area contributed by atoms with Crippen LogP contribution in [0.25, 0.3) is 0 Å². The Kier molecular flexibility index (Phi) is 3.80. The van der Waals surface area contributed by atoms with Crippen molar-refractivity contribution in [2.45, 2.75) is 6.92 Å². The van der Waals surface area contributed by atoms with Crippen LogP contribution in [-0.4, -0.2) is 16.1 Å². The predicted octanol–water partition coefficient (Wildman–Crippen LogP) is 3.73. The topological polar surface area (TPSA) is 62.2 Å². The van der Waals surface area contributed by atoms with Crippen molar-refractivity contribution in [2.75, 3.05) is 5.32 Å². The third-order valence-corrected chi connectivity index (χ3v) is 3.40. The lowest BCUT2D eigenvalue weighted by Gasteiger charge is -2.09. The van der Waals surface area contributed by atoms with E-state index in [2.05, 4.69) is 26.2 Å². The molecule has 19 heavy (non-hydrogen) atoms. The second-order valence-corrected chi connectivity index (χ2v) is 4.80. The highest BCUT2D eigenvalue weighted by atomic mass is 79.9. The van der Waals surface area contributed by atoms with Crippen LogP contribution in [0.1, 0.15) is 15.9 Å². The van der Waals surface area contributed by atoms with Gasteiger partial charge in [-0.1, -0.05) is 15.9 Å². The minimum absolute atomic E-state index is 0.107. The Morgan fingerprint density at radius 2 is 2.16 bits per heavy atom. The fourth-order valence-electron chi connectivity index (χ4n) is 1.56. The van der Waals surface area contributed by atoms with Crippen LogP contribution in [0.5, 0.6) is 0 Å². The van der Waals surface area contributed by atoms with Gasteiger partial charge in [-0.05, 0) is 36.8 Å². The van der Waals surface area contributed by atoms with Crippen molar-refractivity contribution in [3.8, 4) is 0 Å². The van der Waals surface area contributed by atoms with E-state index in [-0.39, 0.29) is 11.4 Å². The number of hydrogen-bond acceptors (Lipinski definition) is 3. The van der Waals surface area contributed by atoms with Gasteiger partial charge in [0, 0.05) is 10.2 Å². The van der Waals surface area contributed by atoms with Gasteiger partial charge in [0.15, 0.2) is 0 Å². The predicted molar refractivity (Wildman–Crippen MR) is 73.3 cm³/mol. The number of carbonyl (C=O) groups is 1. The molecule has 1 aromatic carbocycles. The van der Waals surface area contributed by atoms with E-state index in [0.717, 1.165) is 22.3 Å². The van der Waals surface area contributed by atoms with Crippen LogP contribution in [0, 0.1) is 12.7 Å². The molecule has 1 heterocycles. The summed E-state index contributed by atoms with van der Waals surface area (Å²) in [5.41, 5.74) is 1.46. The highest BCUT2D eigenvalue weighted by Gasteiger charge is 2.13. The zero-order valence-electron chi connectivity index (χ0n) is 9.95. The zero-order chi connectivity index (χ0) is 14.0. The number of aromatic carboxylic acids is 1. The second kappa shape index (κ2) is 5.36. The van der Waals surface area contributed by atoms with Crippen molar-refractivity contribution in [3.05, 3.63) is 51.9 Å². The molecule has 0 bridgehead atoms. The number of aryl methyl sites for hydroxylation is 1. The van der Waals surface area contributed by atoms with E-state index in [4.69, 9.17) is 5.11 Å². The van der Waals surface area contributed by atoms with E-state index in [9.17, 15) is 9.18 Å². The Bertz CT molecular complexity index is 647. The maximum absolute atomic E-state index is 13.0. The number of anilines is 2. The molecule has 0 aliphatic rings. The minimum Gasteiger partial charge on any atom is -0.478 e. The molecular formula is C13H10BrFN2O2. The van der Waals surface area contributed by atoms with Gasteiger partial charge in [-0.15, -0.1) is 0 Å². The fraction of sp³-hybridized carbons (Fsp3) is 0.0769. The first-order chi connectivity index (χ1) is 8.97. The number of nitrogens with zero attached hydrogens (tertiary/aromatic N) is 1. The van der Waals surface area contributed by atoms with E-state index in [1.807, 2.05) is 19.1 Å². The average Bonchev–Trinajstić information content (AvgIpc) is 2.36. The van der Waals surface area contributed by atoms with Crippen molar-refractivity contribution >= 4 is 33.4 Å². The Morgan fingerprint density at radius 1 is 1.42 bits per heavy atom. The van der Waals surface area contributed by atoms with Crippen LogP contribution < -0.4 is 5.32 Å². The zero-order valence-corrected chi connectivity index (χ0v) is 11.5. The number of nitrogens with one attached hydrogen (secondary N) is 1. The normalized spacial score (nSPS) is 10.3. The van der Waals surface area contributed by atoms with Crippen LogP contribution in [-0.2, 0) is 0 Å². The molecule has 0 spiro atoms. The molecule has 2 rings (SSSR count). The molecule has 0 aliphatic carbocycles. The third kappa shape index (κ3) is 3.08. The summed E-state index contributed by atoms with van der Waals surface area (Å²) in [6.07, 6.45) is 0.973. The lowest BCUT2D eigenvalue weighted by atomic mass is 10.2. The average molecular weight is 325 g/mol. The molecule has 0 atom stereocenters. The number of halogens is 2. The minimum atomic E-state index is -1.23. The van der Waals surface area contributed by atoms with Crippen molar-refractivity contribution in [1.82, 2.24) is 4.98 Å². The second-order valence-electron chi connectivity index (χ2n) is 3.94. The molecule has 0 amide bonds. The molecular weight excluding hydrogens is 315 g/mol. The first-order valence-corrected chi connectivity index (χ1v) is 6.18. The highest BCUT2D eigenvalue weighted by Crippen LogP contribution is 2.24. The Hall–Kier alpha value is -1.95. The van der Waals surface area contributed by atoms with E-state index in [0.29, 0.717) is 5.69 Å². The van der Waals surface area contributed by atoms with Crippen LogP contribution in [0.2, 0.25) is 0 Å². The quantitative estimate of drug-likeness (QED) is 0.902. The Balaban J connectivity index is 2.37. The number of carboxylic acid groups (broad SMARTS) is 1. The van der Waals surface area contributed by atoms with Gasteiger partial charge in [0.2, 0.25) is 0 Å². The SMILES string of the molecule is Cc1cc(Nc2ncc(F)cc2C(=O)O)ccc1Br. The lowest BCUT2D eigenvalue weighted by molar-refractivity contribution is 0.0697. The van der Waals surface area contributed by atoms with E-state index in [1.54, 1.807) is 6.07 Å². The molecule has 2 aromatic rings. The maximum atomic E-state index is 13.0. The number of aromatic nitrogens is 1. The van der Waals surface area contributed by atoms with E-state index < -0.39 is 11.8 Å². The molecule has 1 aromatic heterocycles. The number of carboxylic acids is 1. The molecule has 6 heteroatoms. The van der Waals surface area contributed by atoms with Crippen molar-refractivity contribution in [3.63, 3.8) is 0 Å². The smallest absolute Gasteiger partial charge is 0.339 e. The van der Waals surface area contributed by atoms with Crippen molar-refractivity contribution in [2.24, 2.45) is 0 Å². The first kappa shape index (κ1) is 13.5. The highest BCUT2D eigenvalue weighted by molar-refractivity contribution is 9.10. The van der Waals surface area contributed by atoms with Crippen LogP contribution in [0.15, 0.2) is 34.9 Å². The van der Waals surface area contributed by atoms with Crippen LogP contribution in [0.3, 0.4) is 0 Å². The molecule has 0 radical (unpaired) electrons. The van der Waals surface area contributed by atoms with Gasteiger partial charge < -0.3 is 10.4 Å². The summed E-state index contributed by atoms with van der Waals surface area (Å²) in [7, 11) is 0. The molecule has 0 saturated heterocycles.